The Labute approximate surface area is 80.8 Å². The summed E-state index contributed by atoms with van der Waals surface area (Å²) in [4.78, 5) is -0.431. The molecule has 0 N–H and O–H groups in total. The maximum Gasteiger partial charge on any atom is 0.264 e. The van der Waals surface area contributed by atoms with Gasteiger partial charge in [0.05, 0.1) is 0 Å². The molecule has 0 aliphatic carbocycles. The number of halogens is 2. The Balaban J connectivity index is 3.57. The molecule has 0 heterocycles. The molecule has 1 rings (SSSR count). The average Bonchev–Trinajstić information content (AvgIpc) is 1.78. The molecule has 0 aromatic heterocycles. The molecular formula is C8H8ClFO2S. The number of aryl methyl sites for hydroxylation is 2. The third-order valence-corrected chi connectivity index (χ3v) is 3.08. The van der Waals surface area contributed by atoms with E-state index in [1.165, 1.54) is 6.92 Å². The summed E-state index contributed by atoms with van der Waals surface area (Å²) in [6.45, 7) is 3.19. The van der Waals surface area contributed by atoms with Crippen LogP contribution in [0.4, 0.5) is 4.39 Å². The molecule has 0 saturated heterocycles. The Morgan fingerprint density at radius 1 is 1.31 bits per heavy atom. The van der Waals surface area contributed by atoms with Gasteiger partial charge in [-0.15, -0.1) is 0 Å². The Morgan fingerprint density at radius 3 is 2.23 bits per heavy atom. The lowest BCUT2D eigenvalue weighted by Crippen LogP contribution is -1.99. The maximum absolute atomic E-state index is 13.1. The summed E-state index contributed by atoms with van der Waals surface area (Å²) < 4.78 is 35.0. The van der Waals surface area contributed by atoms with E-state index in [4.69, 9.17) is 10.7 Å². The van der Waals surface area contributed by atoms with Crippen molar-refractivity contribution in [2.24, 2.45) is 0 Å². The van der Waals surface area contributed by atoms with Crippen LogP contribution >= 0.6 is 10.7 Å². The van der Waals surface area contributed by atoms with Gasteiger partial charge in [0.1, 0.15) is 10.7 Å². The van der Waals surface area contributed by atoms with Gasteiger partial charge in [-0.3, -0.25) is 0 Å². The van der Waals surface area contributed by atoms with Crippen LogP contribution in [0.2, 0.25) is 0 Å². The molecule has 0 aliphatic heterocycles. The van der Waals surface area contributed by atoms with E-state index in [-0.39, 0.29) is 0 Å². The van der Waals surface area contributed by atoms with Crippen molar-refractivity contribution < 1.29 is 12.8 Å². The standard InChI is InChI=1S/C8H8ClFO2S/c1-5-3-6(2)8(7(10)4-5)13(9,11)12/h3-4H,1-2H3. The minimum absolute atomic E-state index is 0.326. The van der Waals surface area contributed by atoms with Gasteiger partial charge in [0.2, 0.25) is 0 Å². The summed E-state index contributed by atoms with van der Waals surface area (Å²) in [5.74, 6) is -0.799. The van der Waals surface area contributed by atoms with Crippen molar-refractivity contribution in [3.05, 3.63) is 29.1 Å². The highest BCUT2D eigenvalue weighted by atomic mass is 35.7. The highest BCUT2D eigenvalue weighted by molar-refractivity contribution is 8.13. The first kappa shape index (κ1) is 10.5. The van der Waals surface area contributed by atoms with Crippen LogP contribution < -0.4 is 0 Å². The van der Waals surface area contributed by atoms with Crippen LogP contribution in [0.1, 0.15) is 11.1 Å². The molecule has 0 spiro atoms. The molecule has 2 nitrogen and oxygen atoms in total. The third kappa shape index (κ3) is 2.19. The molecular weight excluding hydrogens is 215 g/mol. The van der Waals surface area contributed by atoms with Gasteiger partial charge in [0, 0.05) is 10.7 Å². The van der Waals surface area contributed by atoms with E-state index in [2.05, 4.69) is 0 Å². The van der Waals surface area contributed by atoms with Gasteiger partial charge < -0.3 is 0 Å². The molecule has 0 unspecified atom stereocenters. The lowest BCUT2D eigenvalue weighted by molar-refractivity contribution is 0.572. The van der Waals surface area contributed by atoms with Gasteiger partial charge in [0.15, 0.2) is 0 Å². The topological polar surface area (TPSA) is 34.1 Å². The largest absolute Gasteiger partial charge is 0.264 e. The van der Waals surface area contributed by atoms with E-state index in [0.29, 0.717) is 11.1 Å². The summed E-state index contributed by atoms with van der Waals surface area (Å²) in [7, 11) is 1.07. The predicted octanol–water partition coefficient (Wildman–Crippen LogP) is 2.37. The highest BCUT2D eigenvalue weighted by Crippen LogP contribution is 2.23. The van der Waals surface area contributed by atoms with Crippen molar-refractivity contribution >= 4 is 19.7 Å². The third-order valence-electron chi connectivity index (χ3n) is 1.62. The average molecular weight is 223 g/mol. The van der Waals surface area contributed by atoms with E-state index in [1.54, 1.807) is 13.0 Å². The van der Waals surface area contributed by atoms with Gasteiger partial charge in [0.25, 0.3) is 9.05 Å². The van der Waals surface area contributed by atoms with Gasteiger partial charge in [-0.25, -0.2) is 12.8 Å². The Kier molecular flexibility index (Phi) is 2.63. The molecule has 0 aliphatic rings. The summed E-state index contributed by atoms with van der Waals surface area (Å²) in [5.41, 5.74) is 0.992. The normalized spacial score (nSPS) is 11.7. The first-order chi connectivity index (χ1) is 5.82. The van der Waals surface area contributed by atoms with Crippen molar-refractivity contribution in [3.63, 3.8) is 0 Å². The Hall–Kier alpha value is -0.610. The van der Waals surface area contributed by atoms with Gasteiger partial charge in [-0.1, -0.05) is 6.07 Å². The maximum atomic E-state index is 13.1. The molecule has 72 valence electrons. The zero-order valence-electron chi connectivity index (χ0n) is 7.14. The lowest BCUT2D eigenvalue weighted by Gasteiger charge is -2.04. The highest BCUT2D eigenvalue weighted by Gasteiger charge is 2.18. The quantitative estimate of drug-likeness (QED) is 0.684. The van der Waals surface area contributed by atoms with Gasteiger partial charge in [-0.05, 0) is 31.0 Å². The predicted molar refractivity (Wildman–Crippen MR) is 48.9 cm³/mol. The van der Waals surface area contributed by atoms with E-state index < -0.39 is 19.8 Å². The minimum atomic E-state index is -3.98. The zero-order valence-corrected chi connectivity index (χ0v) is 8.71. The van der Waals surface area contributed by atoms with Crippen LogP contribution in [0.3, 0.4) is 0 Å². The van der Waals surface area contributed by atoms with Crippen molar-refractivity contribution in [3.8, 4) is 0 Å². The van der Waals surface area contributed by atoms with Crippen LogP contribution in [0.5, 0.6) is 0 Å². The number of hydrogen-bond acceptors (Lipinski definition) is 2. The van der Waals surface area contributed by atoms with E-state index in [1.807, 2.05) is 0 Å². The number of hydrogen-bond donors (Lipinski definition) is 0. The van der Waals surface area contributed by atoms with Crippen molar-refractivity contribution in [1.29, 1.82) is 0 Å². The van der Waals surface area contributed by atoms with Crippen LogP contribution in [0.25, 0.3) is 0 Å². The summed E-state index contributed by atoms with van der Waals surface area (Å²) >= 11 is 0. The summed E-state index contributed by atoms with van der Waals surface area (Å²) in [6.07, 6.45) is 0. The van der Waals surface area contributed by atoms with Gasteiger partial charge >= 0.3 is 0 Å². The SMILES string of the molecule is Cc1cc(C)c(S(=O)(=O)Cl)c(F)c1. The number of benzene rings is 1. The fraction of sp³-hybridized carbons (Fsp3) is 0.250. The summed E-state index contributed by atoms with van der Waals surface area (Å²) in [5, 5.41) is 0. The second-order valence-electron chi connectivity index (χ2n) is 2.83. The second kappa shape index (κ2) is 3.27. The molecule has 13 heavy (non-hydrogen) atoms. The number of rotatable bonds is 1. The smallest absolute Gasteiger partial charge is 0.207 e. The molecule has 0 saturated carbocycles. The summed E-state index contributed by atoms with van der Waals surface area (Å²) in [6, 6.07) is 2.71. The molecule has 0 atom stereocenters. The van der Waals surface area contributed by atoms with Gasteiger partial charge in [-0.2, -0.15) is 0 Å². The van der Waals surface area contributed by atoms with Crippen molar-refractivity contribution in [2.45, 2.75) is 18.7 Å². The molecule has 0 radical (unpaired) electrons. The fourth-order valence-corrected chi connectivity index (χ4v) is 2.53. The molecule has 1 aromatic rings. The van der Waals surface area contributed by atoms with Crippen LogP contribution in [-0.2, 0) is 9.05 Å². The molecule has 1 aromatic carbocycles. The fourth-order valence-electron chi connectivity index (χ4n) is 1.21. The van der Waals surface area contributed by atoms with Crippen molar-refractivity contribution in [1.82, 2.24) is 0 Å². The lowest BCUT2D eigenvalue weighted by atomic mass is 10.1. The Bertz CT molecular complexity index is 416. The first-order valence-corrected chi connectivity index (χ1v) is 5.84. The van der Waals surface area contributed by atoms with Crippen molar-refractivity contribution in [2.75, 3.05) is 0 Å². The van der Waals surface area contributed by atoms with E-state index in [0.717, 1.165) is 6.07 Å². The minimum Gasteiger partial charge on any atom is -0.207 e. The zero-order chi connectivity index (χ0) is 10.2. The second-order valence-corrected chi connectivity index (χ2v) is 5.33. The molecule has 0 amide bonds. The van der Waals surface area contributed by atoms with E-state index >= 15 is 0 Å². The van der Waals surface area contributed by atoms with Crippen LogP contribution in [-0.4, -0.2) is 8.42 Å². The molecule has 0 fully saturated rings. The Morgan fingerprint density at radius 2 is 1.85 bits per heavy atom. The van der Waals surface area contributed by atoms with Crippen LogP contribution in [0, 0.1) is 19.7 Å². The monoisotopic (exact) mass is 222 g/mol. The first-order valence-electron chi connectivity index (χ1n) is 3.54. The van der Waals surface area contributed by atoms with E-state index in [9.17, 15) is 12.8 Å². The van der Waals surface area contributed by atoms with Crippen LogP contribution in [0.15, 0.2) is 17.0 Å². The molecule has 0 bridgehead atoms. The molecule has 5 heteroatoms.